The van der Waals surface area contributed by atoms with Gasteiger partial charge in [-0.3, -0.25) is 4.79 Å². The molecule has 0 aliphatic carbocycles. The van der Waals surface area contributed by atoms with Crippen LogP contribution in [-0.2, 0) is 4.79 Å². The van der Waals surface area contributed by atoms with Crippen molar-refractivity contribution in [2.75, 3.05) is 12.4 Å². The van der Waals surface area contributed by atoms with Gasteiger partial charge in [-0.25, -0.2) is 0 Å². The SMILES string of the molecule is COc1cc2c(cc1Cl)NC1=C(S2)C(=O)NC(C)(C)C1. The van der Waals surface area contributed by atoms with E-state index in [1.54, 1.807) is 7.11 Å². The lowest BCUT2D eigenvalue weighted by molar-refractivity contribution is -0.118. The van der Waals surface area contributed by atoms with Gasteiger partial charge in [-0.15, -0.1) is 0 Å². The van der Waals surface area contributed by atoms with E-state index >= 15 is 0 Å². The quantitative estimate of drug-likeness (QED) is 0.835. The molecule has 0 saturated heterocycles. The first-order valence-electron chi connectivity index (χ1n) is 6.28. The summed E-state index contributed by atoms with van der Waals surface area (Å²) >= 11 is 7.61. The lowest BCUT2D eigenvalue weighted by atomic mass is 9.94. The normalized spacial score (nSPS) is 19.7. The monoisotopic (exact) mass is 310 g/mol. The summed E-state index contributed by atoms with van der Waals surface area (Å²) in [6.45, 7) is 4.02. The maximum absolute atomic E-state index is 12.2. The van der Waals surface area contributed by atoms with Gasteiger partial charge >= 0.3 is 0 Å². The summed E-state index contributed by atoms with van der Waals surface area (Å²) in [4.78, 5) is 13.9. The molecule has 0 bridgehead atoms. The Morgan fingerprint density at radius 2 is 2.15 bits per heavy atom. The van der Waals surface area contributed by atoms with E-state index in [0.717, 1.165) is 27.6 Å². The molecule has 4 nitrogen and oxygen atoms in total. The molecule has 2 N–H and O–H groups in total. The van der Waals surface area contributed by atoms with E-state index in [9.17, 15) is 4.79 Å². The highest BCUT2D eigenvalue weighted by Gasteiger charge is 2.35. The van der Waals surface area contributed by atoms with Crippen LogP contribution in [0.25, 0.3) is 0 Å². The van der Waals surface area contributed by atoms with Crippen LogP contribution in [0.15, 0.2) is 27.6 Å². The number of amides is 1. The number of fused-ring (bicyclic) bond motifs is 1. The van der Waals surface area contributed by atoms with Gasteiger partial charge in [-0.05, 0) is 26.0 Å². The van der Waals surface area contributed by atoms with Crippen molar-refractivity contribution >= 4 is 35.0 Å². The average Bonchev–Trinajstić information content (AvgIpc) is 2.35. The van der Waals surface area contributed by atoms with Crippen LogP contribution < -0.4 is 15.4 Å². The zero-order valence-electron chi connectivity index (χ0n) is 11.5. The van der Waals surface area contributed by atoms with Gasteiger partial charge in [0, 0.05) is 22.6 Å². The van der Waals surface area contributed by atoms with E-state index in [2.05, 4.69) is 10.6 Å². The van der Waals surface area contributed by atoms with Crippen molar-refractivity contribution in [2.24, 2.45) is 0 Å². The highest BCUT2D eigenvalue weighted by Crippen LogP contribution is 2.46. The minimum Gasteiger partial charge on any atom is -0.495 e. The Hall–Kier alpha value is -1.33. The highest BCUT2D eigenvalue weighted by atomic mass is 35.5. The van der Waals surface area contributed by atoms with E-state index in [0.29, 0.717) is 10.8 Å². The van der Waals surface area contributed by atoms with Crippen molar-refractivity contribution in [3.05, 3.63) is 27.8 Å². The molecule has 0 unspecified atom stereocenters. The molecule has 3 rings (SSSR count). The summed E-state index contributed by atoms with van der Waals surface area (Å²) < 4.78 is 5.22. The summed E-state index contributed by atoms with van der Waals surface area (Å²) in [6, 6.07) is 3.69. The molecule has 1 aromatic rings. The lowest BCUT2D eigenvalue weighted by Crippen LogP contribution is -2.48. The van der Waals surface area contributed by atoms with Gasteiger partial charge in [-0.1, -0.05) is 23.4 Å². The Morgan fingerprint density at radius 3 is 2.85 bits per heavy atom. The van der Waals surface area contributed by atoms with E-state index < -0.39 is 0 Å². The van der Waals surface area contributed by atoms with Crippen molar-refractivity contribution in [3.63, 3.8) is 0 Å². The van der Waals surface area contributed by atoms with Crippen LogP contribution in [0.3, 0.4) is 0 Å². The predicted molar refractivity (Wildman–Crippen MR) is 81.3 cm³/mol. The highest BCUT2D eigenvalue weighted by molar-refractivity contribution is 8.04. The predicted octanol–water partition coefficient (Wildman–Crippen LogP) is 3.38. The fourth-order valence-corrected chi connectivity index (χ4v) is 3.66. The molecule has 106 valence electrons. The molecule has 1 amide bonds. The van der Waals surface area contributed by atoms with Gasteiger partial charge < -0.3 is 15.4 Å². The van der Waals surface area contributed by atoms with Gasteiger partial charge in [0.2, 0.25) is 0 Å². The smallest absolute Gasteiger partial charge is 0.260 e. The van der Waals surface area contributed by atoms with Crippen molar-refractivity contribution in [2.45, 2.75) is 30.7 Å². The van der Waals surface area contributed by atoms with Crippen LogP contribution >= 0.6 is 23.4 Å². The van der Waals surface area contributed by atoms with Crippen molar-refractivity contribution in [1.29, 1.82) is 0 Å². The third-order valence-corrected chi connectivity index (χ3v) is 4.79. The third kappa shape index (κ3) is 2.25. The molecule has 0 saturated carbocycles. The Bertz CT molecular complexity index is 640. The maximum Gasteiger partial charge on any atom is 0.260 e. The molecule has 6 heteroatoms. The summed E-state index contributed by atoms with van der Waals surface area (Å²) in [6.07, 6.45) is 0.768. The number of carbonyl (C=O) groups is 1. The molecule has 2 aliphatic heterocycles. The van der Waals surface area contributed by atoms with Crippen molar-refractivity contribution < 1.29 is 9.53 Å². The van der Waals surface area contributed by atoms with Gasteiger partial charge in [-0.2, -0.15) is 0 Å². The minimum absolute atomic E-state index is 0.0340. The number of hydrogen-bond acceptors (Lipinski definition) is 4. The lowest BCUT2D eigenvalue weighted by Gasteiger charge is -2.36. The number of carbonyl (C=O) groups excluding carboxylic acids is 1. The Labute approximate surface area is 126 Å². The second kappa shape index (κ2) is 4.60. The van der Waals surface area contributed by atoms with Gasteiger partial charge in [0.15, 0.2) is 0 Å². The first-order chi connectivity index (χ1) is 9.39. The number of hydrogen-bond donors (Lipinski definition) is 2. The summed E-state index contributed by atoms with van der Waals surface area (Å²) in [7, 11) is 1.58. The molecule has 0 atom stereocenters. The molecule has 0 aromatic heterocycles. The molecular weight excluding hydrogens is 296 g/mol. The molecule has 2 aliphatic rings. The van der Waals surface area contributed by atoms with E-state index in [-0.39, 0.29) is 11.4 Å². The van der Waals surface area contributed by atoms with Gasteiger partial charge in [0.25, 0.3) is 5.91 Å². The second-order valence-electron chi connectivity index (χ2n) is 5.53. The number of methoxy groups -OCH3 is 1. The number of thioether (sulfide) groups is 1. The standard InChI is InChI=1S/C14H15ClN2O2S/c1-14(2)6-9-12(13(18)17-14)20-11-5-10(19-3)7(15)4-8(11)16-9/h4-5,16H,6H2,1-3H3,(H,17,18). The maximum atomic E-state index is 12.2. The van der Waals surface area contributed by atoms with Crippen LogP contribution in [0.1, 0.15) is 20.3 Å². The molecule has 2 heterocycles. The first kappa shape index (κ1) is 13.6. The van der Waals surface area contributed by atoms with E-state index in [1.165, 1.54) is 11.8 Å². The fraction of sp³-hybridized carbons (Fsp3) is 0.357. The summed E-state index contributed by atoms with van der Waals surface area (Å²) in [5.41, 5.74) is 1.64. The van der Waals surface area contributed by atoms with Crippen LogP contribution in [0.2, 0.25) is 5.02 Å². The Morgan fingerprint density at radius 1 is 1.40 bits per heavy atom. The van der Waals surface area contributed by atoms with Crippen molar-refractivity contribution in [1.82, 2.24) is 5.32 Å². The molecule has 1 aromatic carbocycles. The number of rotatable bonds is 1. The fourth-order valence-electron chi connectivity index (χ4n) is 2.42. The topological polar surface area (TPSA) is 50.4 Å². The first-order valence-corrected chi connectivity index (χ1v) is 7.47. The summed E-state index contributed by atoms with van der Waals surface area (Å²) in [5, 5.41) is 6.90. The number of benzene rings is 1. The molecule has 0 fully saturated rings. The van der Waals surface area contributed by atoms with Crippen LogP contribution in [-0.4, -0.2) is 18.6 Å². The zero-order chi connectivity index (χ0) is 14.5. The third-order valence-electron chi connectivity index (χ3n) is 3.30. The average molecular weight is 311 g/mol. The number of halogens is 1. The van der Waals surface area contributed by atoms with Crippen LogP contribution in [0, 0.1) is 0 Å². The number of nitrogens with one attached hydrogen (secondary N) is 2. The summed E-state index contributed by atoms with van der Waals surface area (Å²) in [5.74, 6) is 0.577. The number of ether oxygens (including phenoxy) is 1. The van der Waals surface area contributed by atoms with Gasteiger partial charge in [0.1, 0.15) is 5.75 Å². The molecule has 0 radical (unpaired) electrons. The largest absolute Gasteiger partial charge is 0.495 e. The zero-order valence-corrected chi connectivity index (χ0v) is 13.0. The van der Waals surface area contributed by atoms with E-state index in [1.807, 2.05) is 26.0 Å². The molecule has 0 spiro atoms. The number of anilines is 1. The Kier molecular flexibility index (Phi) is 3.14. The minimum atomic E-state index is -0.239. The van der Waals surface area contributed by atoms with Crippen molar-refractivity contribution in [3.8, 4) is 5.75 Å². The van der Waals surface area contributed by atoms with Crippen LogP contribution in [0.4, 0.5) is 5.69 Å². The molecular formula is C14H15ClN2O2S. The van der Waals surface area contributed by atoms with Crippen LogP contribution in [0.5, 0.6) is 5.75 Å². The second-order valence-corrected chi connectivity index (χ2v) is 6.99. The molecule has 20 heavy (non-hydrogen) atoms. The Balaban J connectivity index is 2.02. The van der Waals surface area contributed by atoms with E-state index in [4.69, 9.17) is 16.3 Å². The van der Waals surface area contributed by atoms with Gasteiger partial charge in [0.05, 0.1) is 22.7 Å².